The zero-order valence-electron chi connectivity index (χ0n) is 12.6. The van der Waals surface area contributed by atoms with Gasteiger partial charge in [-0.15, -0.1) is 0 Å². The first-order valence-corrected chi connectivity index (χ1v) is 6.76. The topological polar surface area (TPSA) is 40.2 Å². The van der Waals surface area contributed by atoms with Gasteiger partial charge in [-0.1, -0.05) is 13.8 Å². The van der Waals surface area contributed by atoms with E-state index in [9.17, 15) is 0 Å². The molecule has 0 atom stereocenters. The van der Waals surface area contributed by atoms with E-state index in [-0.39, 0.29) is 5.41 Å². The fourth-order valence-corrected chi connectivity index (χ4v) is 3.02. The summed E-state index contributed by atoms with van der Waals surface area (Å²) in [7, 11) is 3.83. The summed E-state index contributed by atoms with van der Waals surface area (Å²) < 4.78 is 7.62. The van der Waals surface area contributed by atoms with Crippen LogP contribution >= 0.6 is 0 Å². The third-order valence-electron chi connectivity index (χ3n) is 4.15. The van der Waals surface area contributed by atoms with Gasteiger partial charge in [-0.25, -0.2) is 0 Å². The minimum Gasteiger partial charge on any atom is -0.497 e. The van der Waals surface area contributed by atoms with Crippen molar-refractivity contribution in [3.63, 3.8) is 0 Å². The quantitative estimate of drug-likeness (QED) is 0.917. The molecule has 2 N–H and O–H groups in total. The SMILES string of the molecule is COc1ccc2c(c1)c(C(C)(C)CCN)c(C)n2C. The first-order chi connectivity index (χ1) is 8.92. The Morgan fingerprint density at radius 2 is 2.00 bits per heavy atom. The van der Waals surface area contributed by atoms with Gasteiger partial charge in [0.15, 0.2) is 0 Å². The van der Waals surface area contributed by atoms with Gasteiger partial charge in [-0.2, -0.15) is 0 Å². The summed E-state index contributed by atoms with van der Waals surface area (Å²) in [5.41, 5.74) is 9.79. The Morgan fingerprint density at radius 1 is 1.32 bits per heavy atom. The Bertz CT molecular complexity index is 596. The van der Waals surface area contributed by atoms with Gasteiger partial charge in [0, 0.05) is 23.6 Å². The summed E-state index contributed by atoms with van der Waals surface area (Å²) in [6.45, 7) is 7.41. The maximum Gasteiger partial charge on any atom is 0.119 e. The highest BCUT2D eigenvalue weighted by atomic mass is 16.5. The van der Waals surface area contributed by atoms with Crippen LogP contribution < -0.4 is 10.5 Å². The molecule has 0 amide bonds. The smallest absolute Gasteiger partial charge is 0.119 e. The van der Waals surface area contributed by atoms with Crippen molar-refractivity contribution in [1.29, 1.82) is 0 Å². The molecule has 0 radical (unpaired) electrons. The number of benzene rings is 1. The molecule has 0 saturated heterocycles. The predicted octanol–water partition coefficient (Wildman–Crippen LogP) is 3.12. The molecule has 104 valence electrons. The molecular weight excluding hydrogens is 236 g/mol. The molecule has 3 nitrogen and oxygen atoms in total. The molecule has 0 bridgehead atoms. The van der Waals surface area contributed by atoms with E-state index in [1.54, 1.807) is 7.11 Å². The van der Waals surface area contributed by atoms with Crippen molar-refractivity contribution in [1.82, 2.24) is 4.57 Å². The van der Waals surface area contributed by atoms with Gasteiger partial charge in [0.05, 0.1) is 7.11 Å². The maximum absolute atomic E-state index is 5.78. The first kappa shape index (κ1) is 13.9. The molecule has 0 fully saturated rings. The van der Waals surface area contributed by atoms with Crippen LogP contribution in [-0.2, 0) is 12.5 Å². The molecule has 1 aromatic heterocycles. The van der Waals surface area contributed by atoms with Crippen LogP contribution in [-0.4, -0.2) is 18.2 Å². The Hall–Kier alpha value is -1.48. The van der Waals surface area contributed by atoms with E-state index in [0.717, 1.165) is 12.2 Å². The molecule has 2 rings (SSSR count). The number of fused-ring (bicyclic) bond motifs is 1. The van der Waals surface area contributed by atoms with E-state index < -0.39 is 0 Å². The van der Waals surface area contributed by atoms with Crippen molar-refractivity contribution in [3.05, 3.63) is 29.5 Å². The minimum atomic E-state index is 0.0741. The van der Waals surface area contributed by atoms with Gasteiger partial charge >= 0.3 is 0 Å². The average molecular weight is 260 g/mol. The summed E-state index contributed by atoms with van der Waals surface area (Å²) >= 11 is 0. The highest BCUT2D eigenvalue weighted by molar-refractivity contribution is 5.88. The number of nitrogens with two attached hydrogens (primary N) is 1. The van der Waals surface area contributed by atoms with Crippen LogP contribution in [0.3, 0.4) is 0 Å². The van der Waals surface area contributed by atoms with E-state index in [1.165, 1.54) is 22.2 Å². The second kappa shape index (κ2) is 4.89. The Kier molecular flexibility index (Phi) is 3.59. The van der Waals surface area contributed by atoms with Crippen LogP contribution in [0.25, 0.3) is 10.9 Å². The van der Waals surface area contributed by atoms with Gasteiger partial charge in [-0.05, 0) is 49.1 Å². The lowest BCUT2D eigenvalue weighted by atomic mass is 9.80. The van der Waals surface area contributed by atoms with Gasteiger partial charge in [0.1, 0.15) is 5.75 Å². The molecular formula is C16H24N2O. The van der Waals surface area contributed by atoms with Gasteiger partial charge in [0.2, 0.25) is 0 Å². The number of rotatable bonds is 4. The zero-order valence-corrected chi connectivity index (χ0v) is 12.6. The lowest BCUT2D eigenvalue weighted by molar-refractivity contribution is 0.415. The second-order valence-corrected chi connectivity index (χ2v) is 5.83. The van der Waals surface area contributed by atoms with Crippen molar-refractivity contribution in [3.8, 4) is 5.75 Å². The summed E-state index contributed by atoms with van der Waals surface area (Å²) in [5.74, 6) is 0.905. The van der Waals surface area contributed by atoms with E-state index in [0.29, 0.717) is 6.54 Å². The zero-order chi connectivity index (χ0) is 14.2. The molecule has 0 aliphatic heterocycles. The molecule has 0 aliphatic carbocycles. The number of ether oxygens (including phenoxy) is 1. The lowest BCUT2D eigenvalue weighted by Gasteiger charge is -2.25. The van der Waals surface area contributed by atoms with Gasteiger partial charge < -0.3 is 15.0 Å². The number of hydrogen-bond donors (Lipinski definition) is 1. The van der Waals surface area contributed by atoms with E-state index in [1.807, 2.05) is 6.07 Å². The largest absolute Gasteiger partial charge is 0.497 e. The lowest BCUT2D eigenvalue weighted by Crippen LogP contribution is -2.22. The van der Waals surface area contributed by atoms with Crippen molar-refractivity contribution < 1.29 is 4.74 Å². The number of nitrogens with zero attached hydrogens (tertiary/aromatic N) is 1. The van der Waals surface area contributed by atoms with Crippen molar-refractivity contribution in [2.24, 2.45) is 12.8 Å². The highest BCUT2D eigenvalue weighted by Crippen LogP contribution is 2.38. The molecule has 0 spiro atoms. The Balaban J connectivity index is 2.74. The number of hydrogen-bond acceptors (Lipinski definition) is 2. The standard InChI is InChI=1S/C16H24N2O/c1-11-15(16(2,3)8-9-17)13-10-12(19-5)6-7-14(13)18(11)4/h6-7,10H,8-9,17H2,1-5H3. The van der Waals surface area contributed by atoms with Crippen LogP contribution in [0.1, 0.15) is 31.5 Å². The maximum atomic E-state index is 5.78. The fourth-order valence-electron chi connectivity index (χ4n) is 3.02. The third kappa shape index (κ3) is 2.23. The molecule has 1 aromatic carbocycles. The molecule has 2 aromatic rings. The molecule has 1 heterocycles. The van der Waals surface area contributed by atoms with Gasteiger partial charge in [-0.3, -0.25) is 0 Å². The number of aromatic nitrogens is 1. The predicted molar refractivity (Wildman–Crippen MR) is 80.9 cm³/mol. The van der Waals surface area contributed by atoms with Crippen molar-refractivity contribution in [2.45, 2.75) is 32.6 Å². The van der Waals surface area contributed by atoms with Gasteiger partial charge in [0.25, 0.3) is 0 Å². The monoisotopic (exact) mass is 260 g/mol. The second-order valence-electron chi connectivity index (χ2n) is 5.83. The van der Waals surface area contributed by atoms with Crippen LogP contribution in [0.15, 0.2) is 18.2 Å². The molecule has 3 heteroatoms. The number of aryl methyl sites for hydroxylation is 1. The summed E-state index contributed by atoms with van der Waals surface area (Å²) in [6.07, 6.45) is 0.976. The van der Waals surface area contributed by atoms with Crippen LogP contribution in [0.2, 0.25) is 0 Å². The van der Waals surface area contributed by atoms with Crippen LogP contribution in [0.5, 0.6) is 5.75 Å². The van der Waals surface area contributed by atoms with E-state index >= 15 is 0 Å². The normalized spacial score (nSPS) is 12.1. The Labute approximate surface area is 115 Å². The average Bonchev–Trinajstić information content (AvgIpc) is 2.61. The molecule has 0 unspecified atom stereocenters. The number of methoxy groups -OCH3 is 1. The minimum absolute atomic E-state index is 0.0741. The van der Waals surface area contributed by atoms with Crippen molar-refractivity contribution >= 4 is 10.9 Å². The first-order valence-electron chi connectivity index (χ1n) is 6.76. The van der Waals surface area contributed by atoms with E-state index in [4.69, 9.17) is 10.5 Å². The summed E-state index contributed by atoms with van der Waals surface area (Å²) in [6, 6.07) is 6.28. The molecule has 0 saturated carbocycles. The van der Waals surface area contributed by atoms with Crippen LogP contribution in [0.4, 0.5) is 0 Å². The third-order valence-corrected chi connectivity index (χ3v) is 4.15. The molecule has 0 aliphatic rings. The summed E-state index contributed by atoms with van der Waals surface area (Å²) in [5, 5.41) is 1.28. The Morgan fingerprint density at radius 3 is 2.58 bits per heavy atom. The van der Waals surface area contributed by atoms with E-state index in [2.05, 4.69) is 44.5 Å². The van der Waals surface area contributed by atoms with Crippen LogP contribution in [0, 0.1) is 6.92 Å². The fraction of sp³-hybridized carbons (Fsp3) is 0.500. The van der Waals surface area contributed by atoms with Crippen molar-refractivity contribution in [2.75, 3.05) is 13.7 Å². The molecule has 19 heavy (non-hydrogen) atoms. The summed E-state index contributed by atoms with van der Waals surface area (Å²) in [4.78, 5) is 0. The highest BCUT2D eigenvalue weighted by Gasteiger charge is 2.27.